The standard InChI is InChI=1S/C14H10FN3O2.C2HF3O2/c1-19-12-5-4-9(7-11(12)15)13-17-18-14(20-13)10-3-2-6-16-8-10;3-2(4,5)1(6)7/h2-8H,1H3;(H,6,7). The van der Waals surface area contributed by atoms with Gasteiger partial charge in [-0.1, -0.05) is 0 Å². The fourth-order valence-corrected chi connectivity index (χ4v) is 1.75. The SMILES string of the molecule is COc1ccc(-c2nnc(-c3cccnc3)o2)cc1F.O=C(O)C(F)(F)F. The highest BCUT2D eigenvalue weighted by molar-refractivity contribution is 5.73. The highest BCUT2D eigenvalue weighted by Crippen LogP contribution is 2.26. The first-order chi connectivity index (χ1) is 12.7. The van der Waals surface area contributed by atoms with Crippen LogP contribution in [-0.4, -0.2) is 39.5 Å². The number of methoxy groups -OCH3 is 1. The molecule has 142 valence electrons. The minimum absolute atomic E-state index is 0.167. The van der Waals surface area contributed by atoms with E-state index in [1.54, 1.807) is 30.6 Å². The summed E-state index contributed by atoms with van der Waals surface area (Å²) in [6, 6.07) is 8.03. The predicted octanol–water partition coefficient (Wildman–Crippen LogP) is 3.58. The highest BCUT2D eigenvalue weighted by Gasteiger charge is 2.38. The molecule has 11 heteroatoms. The van der Waals surface area contributed by atoms with Gasteiger partial charge in [-0.2, -0.15) is 13.2 Å². The molecule has 0 bridgehead atoms. The maximum atomic E-state index is 13.6. The molecule has 27 heavy (non-hydrogen) atoms. The van der Waals surface area contributed by atoms with Crippen molar-refractivity contribution in [3.05, 3.63) is 48.5 Å². The number of alkyl halides is 3. The van der Waals surface area contributed by atoms with Crippen LogP contribution >= 0.6 is 0 Å². The van der Waals surface area contributed by atoms with Gasteiger partial charge >= 0.3 is 12.1 Å². The largest absolute Gasteiger partial charge is 0.494 e. The van der Waals surface area contributed by atoms with Crippen molar-refractivity contribution in [3.8, 4) is 28.7 Å². The molecule has 0 spiro atoms. The van der Waals surface area contributed by atoms with Crippen molar-refractivity contribution in [1.29, 1.82) is 0 Å². The average molecular weight is 385 g/mol. The average Bonchev–Trinajstić information content (AvgIpc) is 3.12. The first-order valence-corrected chi connectivity index (χ1v) is 7.10. The summed E-state index contributed by atoms with van der Waals surface area (Å²) in [6.07, 6.45) is -1.81. The van der Waals surface area contributed by atoms with E-state index >= 15 is 0 Å². The van der Waals surface area contributed by atoms with Crippen LogP contribution in [0.3, 0.4) is 0 Å². The van der Waals surface area contributed by atoms with Gasteiger partial charge in [0.15, 0.2) is 11.6 Å². The maximum absolute atomic E-state index is 13.6. The van der Waals surface area contributed by atoms with Crippen molar-refractivity contribution in [3.63, 3.8) is 0 Å². The van der Waals surface area contributed by atoms with E-state index in [1.165, 1.54) is 19.2 Å². The zero-order chi connectivity index (χ0) is 20.0. The fourth-order valence-electron chi connectivity index (χ4n) is 1.75. The van der Waals surface area contributed by atoms with Gasteiger partial charge in [0, 0.05) is 18.0 Å². The van der Waals surface area contributed by atoms with Crippen molar-refractivity contribution < 1.29 is 36.6 Å². The number of hydrogen-bond acceptors (Lipinski definition) is 6. The molecule has 1 N–H and O–H groups in total. The van der Waals surface area contributed by atoms with Crippen molar-refractivity contribution in [2.24, 2.45) is 0 Å². The lowest BCUT2D eigenvalue weighted by Gasteiger charge is -2.01. The van der Waals surface area contributed by atoms with Gasteiger partial charge in [0.2, 0.25) is 11.8 Å². The fraction of sp³-hybridized carbons (Fsp3) is 0.125. The molecular formula is C16H11F4N3O4. The third-order valence-corrected chi connectivity index (χ3v) is 2.97. The van der Waals surface area contributed by atoms with E-state index in [0.717, 1.165) is 0 Å². The number of carboxylic acids is 1. The van der Waals surface area contributed by atoms with Crippen LogP contribution in [0.25, 0.3) is 22.9 Å². The van der Waals surface area contributed by atoms with Crippen molar-refractivity contribution in [2.75, 3.05) is 7.11 Å². The van der Waals surface area contributed by atoms with E-state index in [0.29, 0.717) is 17.0 Å². The Hall–Kier alpha value is -3.50. The summed E-state index contributed by atoms with van der Waals surface area (Å²) < 4.78 is 55.8. The molecule has 3 rings (SSSR count). The number of pyridine rings is 1. The maximum Gasteiger partial charge on any atom is 0.490 e. The van der Waals surface area contributed by atoms with E-state index in [4.69, 9.17) is 19.1 Å². The molecule has 1 aromatic carbocycles. The topological polar surface area (TPSA) is 98.3 Å². The van der Waals surface area contributed by atoms with E-state index in [1.807, 2.05) is 0 Å². The molecule has 0 aliphatic rings. The molecule has 0 aliphatic heterocycles. The van der Waals surface area contributed by atoms with Crippen LogP contribution in [0.5, 0.6) is 5.75 Å². The normalized spacial score (nSPS) is 10.7. The minimum Gasteiger partial charge on any atom is -0.494 e. The Morgan fingerprint density at radius 2 is 1.78 bits per heavy atom. The molecule has 0 atom stereocenters. The number of carbonyl (C=O) groups is 1. The summed E-state index contributed by atoms with van der Waals surface area (Å²) in [4.78, 5) is 12.9. The van der Waals surface area contributed by atoms with Gasteiger partial charge in [-0.05, 0) is 30.3 Å². The van der Waals surface area contributed by atoms with Gasteiger partial charge in [0.05, 0.1) is 12.7 Å². The summed E-state index contributed by atoms with van der Waals surface area (Å²) in [5.41, 5.74) is 1.20. The molecule has 7 nitrogen and oxygen atoms in total. The zero-order valence-corrected chi connectivity index (χ0v) is 13.6. The second kappa shape index (κ2) is 8.25. The second-order valence-electron chi connectivity index (χ2n) is 4.81. The Morgan fingerprint density at radius 3 is 2.26 bits per heavy atom. The van der Waals surface area contributed by atoms with Crippen molar-refractivity contribution >= 4 is 5.97 Å². The molecular weight excluding hydrogens is 374 g/mol. The van der Waals surface area contributed by atoms with Gasteiger partial charge in [-0.25, -0.2) is 9.18 Å². The van der Waals surface area contributed by atoms with E-state index in [9.17, 15) is 17.6 Å². The number of carboxylic acid groups (broad SMARTS) is 1. The summed E-state index contributed by atoms with van der Waals surface area (Å²) in [6.45, 7) is 0. The number of aromatic nitrogens is 3. The van der Waals surface area contributed by atoms with Gasteiger partial charge in [0.25, 0.3) is 0 Å². The molecule has 0 unspecified atom stereocenters. The third kappa shape index (κ3) is 5.23. The molecule has 0 saturated heterocycles. The lowest BCUT2D eigenvalue weighted by molar-refractivity contribution is -0.192. The predicted molar refractivity (Wildman–Crippen MR) is 83.2 cm³/mol. The number of ether oxygens (including phenoxy) is 1. The number of rotatable bonds is 3. The van der Waals surface area contributed by atoms with Crippen LogP contribution < -0.4 is 4.74 Å². The van der Waals surface area contributed by atoms with Gasteiger partial charge in [0.1, 0.15) is 0 Å². The lowest BCUT2D eigenvalue weighted by Crippen LogP contribution is -2.21. The Balaban J connectivity index is 0.000000321. The van der Waals surface area contributed by atoms with Crippen LogP contribution in [0, 0.1) is 5.82 Å². The molecule has 0 saturated carbocycles. The first kappa shape index (κ1) is 19.8. The number of halogens is 4. The number of aliphatic carboxylic acids is 1. The molecule has 0 aliphatic carbocycles. The van der Waals surface area contributed by atoms with Crippen LogP contribution in [-0.2, 0) is 4.79 Å². The Labute approximate surface area is 149 Å². The lowest BCUT2D eigenvalue weighted by atomic mass is 10.2. The van der Waals surface area contributed by atoms with Crippen molar-refractivity contribution in [2.45, 2.75) is 6.18 Å². The minimum atomic E-state index is -5.08. The number of nitrogens with zero attached hydrogens (tertiary/aromatic N) is 3. The van der Waals surface area contributed by atoms with Crippen LogP contribution in [0.4, 0.5) is 17.6 Å². The molecule has 3 aromatic rings. The summed E-state index contributed by atoms with van der Waals surface area (Å²) in [7, 11) is 1.41. The highest BCUT2D eigenvalue weighted by atomic mass is 19.4. The van der Waals surface area contributed by atoms with Gasteiger partial charge in [-0.3, -0.25) is 4.98 Å². The first-order valence-electron chi connectivity index (χ1n) is 7.10. The monoisotopic (exact) mass is 385 g/mol. The zero-order valence-electron chi connectivity index (χ0n) is 13.6. The molecule has 0 fully saturated rings. The Bertz CT molecular complexity index is 914. The van der Waals surface area contributed by atoms with Gasteiger partial charge in [-0.15, -0.1) is 10.2 Å². The van der Waals surface area contributed by atoms with E-state index in [2.05, 4.69) is 15.2 Å². The number of hydrogen-bond donors (Lipinski definition) is 1. The Morgan fingerprint density at radius 1 is 1.15 bits per heavy atom. The molecule has 0 amide bonds. The summed E-state index contributed by atoms with van der Waals surface area (Å²) >= 11 is 0. The molecule has 0 radical (unpaired) electrons. The number of benzene rings is 1. The Kier molecular flexibility index (Phi) is 6.06. The molecule has 2 aromatic heterocycles. The summed E-state index contributed by atoms with van der Waals surface area (Å²) in [5, 5.41) is 15.0. The second-order valence-corrected chi connectivity index (χ2v) is 4.81. The quantitative estimate of drug-likeness (QED) is 0.688. The van der Waals surface area contributed by atoms with Crippen molar-refractivity contribution in [1.82, 2.24) is 15.2 Å². The van der Waals surface area contributed by atoms with E-state index in [-0.39, 0.29) is 11.6 Å². The summed E-state index contributed by atoms with van der Waals surface area (Å²) in [5.74, 6) is -2.49. The third-order valence-electron chi connectivity index (χ3n) is 2.97. The van der Waals surface area contributed by atoms with Crippen LogP contribution in [0.1, 0.15) is 0 Å². The van der Waals surface area contributed by atoms with Crippen LogP contribution in [0.2, 0.25) is 0 Å². The molecule has 2 heterocycles. The smallest absolute Gasteiger partial charge is 0.490 e. The van der Waals surface area contributed by atoms with Crippen LogP contribution in [0.15, 0.2) is 47.1 Å². The van der Waals surface area contributed by atoms with E-state index < -0.39 is 18.0 Å². The van der Waals surface area contributed by atoms with Gasteiger partial charge < -0.3 is 14.3 Å².